The number of amides is 1. The van der Waals surface area contributed by atoms with E-state index in [-0.39, 0.29) is 11.8 Å². The molecule has 0 radical (unpaired) electrons. The Morgan fingerprint density at radius 2 is 2.55 bits per heavy atom. The Morgan fingerprint density at radius 3 is 3.09 bits per heavy atom. The van der Waals surface area contributed by atoms with Crippen molar-refractivity contribution in [3.8, 4) is 0 Å². The summed E-state index contributed by atoms with van der Waals surface area (Å²) < 4.78 is 0. The highest BCUT2D eigenvalue weighted by atomic mass is 16.1. The molecule has 2 N–H and O–H groups in total. The van der Waals surface area contributed by atoms with Crippen molar-refractivity contribution in [2.75, 3.05) is 19.6 Å². The average molecular weight is 156 g/mol. The zero-order valence-corrected chi connectivity index (χ0v) is 7.02. The lowest BCUT2D eigenvalue weighted by atomic mass is 9.99. The van der Waals surface area contributed by atoms with Gasteiger partial charge in [-0.05, 0) is 26.3 Å². The van der Waals surface area contributed by atoms with E-state index >= 15 is 0 Å². The Morgan fingerprint density at radius 1 is 1.73 bits per heavy atom. The predicted octanol–water partition coefficient (Wildman–Crippen LogP) is 0.122. The molecule has 1 aliphatic heterocycles. The molecule has 0 aromatic rings. The number of hydrogen-bond acceptors (Lipinski definition) is 2. The SMILES string of the molecule is CCNC(=O)[C@@H]1CCCNC1. The van der Waals surface area contributed by atoms with Gasteiger partial charge in [-0.15, -0.1) is 0 Å². The number of piperidine rings is 1. The van der Waals surface area contributed by atoms with E-state index in [0.717, 1.165) is 32.5 Å². The highest BCUT2D eigenvalue weighted by Crippen LogP contribution is 2.08. The van der Waals surface area contributed by atoms with Crippen molar-refractivity contribution >= 4 is 5.91 Å². The van der Waals surface area contributed by atoms with Crippen LogP contribution in [0.2, 0.25) is 0 Å². The fraction of sp³-hybridized carbons (Fsp3) is 0.875. The number of hydrogen-bond donors (Lipinski definition) is 2. The Balaban J connectivity index is 2.27. The van der Waals surface area contributed by atoms with Crippen molar-refractivity contribution in [1.29, 1.82) is 0 Å². The Kier molecular flexibility index (Phi) is 3.36. The summed E-state index contributed by atoms with van der Waals surface area (Å²) in [5.41, 5.74) is 0. The van der Waals surface area contributed by atoms with Gasteiger partial charge in [-0.1, -0.05) is 0 Å². The van der Waals surface area contributed by atoms with Crippen LogP contribution in [0.15, 0.2) is 0 Å². The van der Waals surface area contributed by atoms with E-state index < -0.39 is 0 Å². The monoisotopic (exact) mass is 156 g/mol. The minimum atomic E-state index is 0.208. The molecule has 1 heterocycles. The van der Waals surface area contributed by atoms with Gasteiger partial charge < -0.3 is 10.6 Å². The summed E-state index contributed by atoms with van der Waals surface area (Å²) in [7, 11) is 0. The Labute approximate surface area is 67.5 Å². The summed E-state index contributed by atoms with van der Waals surface area (Å²) in [4.78, 5) is 11.2. The zero-order valence-electron chi connectivity index (χ0n) is 7.02. The normalized spacial score (nSPS) is 24.6. The fourth-order valence-electron chi connectivity index (χ4n) is 1.39. The third-order valence-corrected chi connectivity index (χ3v) is 2.02. The quantitative estimate of drug-likeness (QED) is 0.596. The van der Waals surface area contributed by atoms with Crippen LogP contribution in [0.1, 0.15) is 19.8 Å². The van der Waals surface area contributed by atoms with Gasteiger partial charge in [-0.2, -0.15) is 0 Å². The molecule has 0 aromatic heterocycles. The van der Waals surface area contributed by atoms with Crippen molar-refractivity contribution in [1.82, 2.24) is 10.6 Å². The van der Waals surface area contributed by atoms with Crippen LogP contribution in [0.3, 0.4) is 0 Å². The molecule has 64 valence electrons. The molecule has 0 aromatic carbocycles. The summed E-state index contributed by atoms with van der Waals surface area (Å²) >= 11 is 0. The average Bonchev–Trinajstić information content (AvgIpc) is 2.07. The first-order chi connectivity index (χ1) is 5.34. The van der Waals surface area contributed by atoms with Gasteiger partial charge in [0, 0.05) is 13.1 Å². The van der Waals surface area contributed by atoms with Crippen LogP contribution in [0.5, 0.6) is 0 Å². The van der Waals surface area contributed by atoms with Gasteiger partial charge in [0.2, 0.25) is 5.91 Å². The lowest BCUT2D eigenvalue weighted by molar-refractivity contribution is -0.125. The van der Waals surface area contributed by atoms with Crippen molar-refractivity contribution in [2.24, 2.45) is 5.92 Å². The highest BCUT2D eigenvalue weighted by Gasteiger charge is 2.19. The molecule has 1 atom stereocenters. The van der Waals surface area contributed by atoms with Crippen molar-refractivity contribution < 1.29 is 4.79 Å². The van der Waals surface area contributed by atoms with E-state index in [1.807, 2.05) is 6.92 Å². The summed E-state index contributed by atoms with van der Waals surface area (Å²) in [6.07, 6.45) is 2.17. The third kappa shape index (κ3) is 2.50. The second-order valence-corrected chi connectivity index (χ2v) is 2.94. The molecule has 0 bridgehead atoms. The maximum atomic E-state index is 11.2. The van der Waals surface area contributed by atoms with Gasteiger partial charge in [0.25, 0.3) is 0 Å². The second kappa shape index (κ2) is 4.34. The van der Waals surface area contributed by atoms with E-state index in [9.17, 15) is 4.79 Å². The standard InChI is InChI=1S/C8H16N2O/c1-2-10-8(11)7-4-3-5-9-6-7/h7,9H,2-6H2,1H3,(H,10,11)/t7-/m1/s1. The fourth-order valence-corrected chi connectivity index (χ4v) is 1.39. The lowest BCUT2D eigenvalue weighted by Crippen LogP contribution is -2.40. The van der Waals surface area contributed by atoms with E-state index in [1.54, 1.807) is 0 Å². The summed E-state index contributed by atoms with van der Waals surface area (Å²) in [6, 6.07) is 0. The zero-order chi connectivity index (χ0) is 8.10. The lowest BCUT2D eigenvalue weighted by Gasteiger charge is -2.21. The summed E-state index contributed by atoms with van der Waals surface area (Å²) in [6.45, 7) is 4.62. The highest BCUT2D eigenvalue weighted by molar-refractivity contribution is 5.78. The van der Waals surface area contributed by atoms with E-state index in [0.29, 0.717) is 0 Å². The van der Waals surface area contributed by atoms with Crippen LogP contribution >= 0.6 is 0 Å². The molecule has 1 rings (SSSR count). The van der Waals surface area contributed by atoms with Gasteiger partial charge in [0.1, 0.15) is 0 Å². The van der Waals surface area contributed by atoms with Crippen molar-refractivity contribution in [3.05, 3.63) is 0 Å². The van der Waals surface area contributed by atoms with Crippen LogP contribution < -0.4 is 10.6 Å². The minimum Gasteiger partial charge on any atom is -0.356 e. The molecule has 0 spiro atoms. The van der Waals surface area contributed by atoms with Crippen LogP contribution in [-0.2, 0) is 4.79 Å². The molecule has 0 aliphatic carbocycles. The van der Waals surface area contributed by atoms with Crippen molar-refractivity contribution in [2.45, 2.75) is 19.8 Å². The summed E-state index contributed by atoms with van der Waals surface area (Å²) in [5, 5.41) is 6.05. The maximum absolute atomic E-state index is 11.2. The van der Waals surface area contributed by atoms with Crippen LogP contribution in [0.25, 0.3) is 0 Å². The van der Waals surface area contributed by atoms with Crippen LogP contribution in [0.4, 0.5) is 0 Å². The van der Waals surface area contributed by atoms with Gasteiger partial charge >= 0.3 is 0 Å². The second-order valence-electron chi connectivity index (χ2n) is 2.94. The first-order valence-corrected chi connectivity index (χ1v) is 4.33. The molecule has 1 aliphatic rings. The molecule has 0 unspecified atom stereocenters. The van der Waals surface area contributed by atoms with E-state index in [4.69, 9.17) is 0 Å². The largest absolute Gasteiger partial charge is 0.356 e. The van der Waals surface area contributed by atoms with E-state index in [1.165, 1.54) is 0 Å². The smallest absolute Gasteiger partial charge is 0.224 e. The Hall–Kier alpha value is -0.570. The van der Waals surface area contributed by atoms with Gasteiger partial charge in [0.05, 0.1) is 5.92 Å². The van der Waals surface area contributed by atoms with Gasteiger partial charge in [-0.25, -0.2) is 0 Å². The first kappa shape index (κ1) is 8.53. The molecule has 11 heavy (non-hydrogen) atoms. The van der Waals surface area contributed by atoms with Gasteiger partial charge in [0.15, 0.2) is 0 Å². The van der Waals surface area contributed by atoms with E-state index in [2.05, 4.69) is 10.6 Å². The van der Waals surface area contributed by atoms with Crippen LogP contribution in [0, 0.1) is 5.92 Å². The molecular weight excluding hydrogens is 140 g/mol. The van der Waals surface area contributed by atoms with Gasteiger partial charge in [-0.3, -0.25) is 4.79 Å². The molecule has 0 saturated carbocycles. The predicted molar refractivity (Wildman–Crippen MR) is 44.3 cm³/mol. The maximum Gasteiger partial charge on any atom is 0.224 e. The molecule has 1 amide bonds. The molecule has 1 fully saturated rings. The topological polar surface area (TPSA) is 41.1 Å². The first-order valence-electron chi connectivity index (χ1n) is 4.33. The number of rotatable bonds is 2. The third-order valence-electron chi connectivity index (χ3n) is 2.02. The Bertz CT molecular complexity index is 130. The summed E-state index contributed by atoms with van der Waals surface area (Å²) in [5.74, 6) is 0.420. The molecule has 3 nitrogen and oxygen atoms in total. The molecule has 3 heteroatoms. The number of carbonyl (C=O) groups is 1. The van der Waals surface area contributed by atoms with Crippen LogP contribution in [-0.4, -0.2) is 25.5 Å². The minimum absolute atomic E-state index is 0.208. The molecular formula is C8H16N2O. The number of nitrogens with one attached hydrogen (secondary N) is 2. The molecule has 1 saturated heterocycles. The number of carbonyl (C=O) groups excluding carboxylic acids is 1. The van der Waals surface area contributed by atoms with Crippen molar-refractivity contribution in [3.63, 3.8) is 0 Å².